The second-order valence-corrected chi connectivity index (χ2v) is 5.02. The number of rotatable bonds is 5. The maximum absolute atomic E-state index is 11.5. The topological polar surface area (TPSA) is 52.3 Å². The van der Waals surface area contributed by atoms with Gasteiger partial charge in [0.15, 0.2) is 5.78 Å². The van der Waals surface area contributed by atoms with E-state index in [1.54, 1.807) is 42.5 Å². The lowest BCUT2D eigenvalue weighted by Gasteiger charge is -2.09. The van der Waals surface area contributed by atoms with Crippen molar-refractivity contribution >= 4 is 29.0 Å². The van der Waals surface area contributed by atoms with Crippen molar-refractivity contribution in [3.63, 3.8) is 0 Å². The molecule has 0 atom stereocenters. The van der Waals surface area contributed by atoms with Crippen LogP contribution in [0.4, 0.5) is 0 Å². The van der Waals surface area contributed by atoms with E-state index in [4.69, 9.17) is 33.7 Å². The van der Waals surface area contributed by atoms with Gasteiger partial charge in [-0.15, -0.1) is 0 Å². The molecule has 0 radical (unpaired) electrons. The number of nitrogens with two attached hydrogens (primary N) is 1. The third-order valence-corrected chi connectivity index (χ3v) is 3.34. The quantitative estimate of drug-likeness (QED) is 0.857. The summed E-state index contributed by atoms with van der Waals surface area (Å²) in [4.78, 5) is 11.5. The fraction of sp³-hybridized carbons (Fsp3) is 0.133. The van der Waals surface area contributed by atoms with Crippen LogP contribution in [0.5, 0.6) is 5.75 Å². The van der Waals surface area contributed by atoms with Gasteiger partial charge in [0.25, 0.3) is 0 Å². The van der Waals surface area contributed by atoms with Gasteiger partial charge in [-0.05, 0) is 24.3 Å². The monoisotopic (exact) mass is 309 g/mol. The number of carbonyl (C=O) groups is 1. The largest absolute Gasteiger partial charge is 0.489 e. The summed E-state index contributed by atoms with van der Waals surface area (Å²) in [5.74, 6) is 0.468. The molecule has 0 saturated heterocycles. The van der Waals surface area contributed by atoms with Gasteiger partial charge >= 0.3 is 0 Å². The number of ketones is 1. The SMILES string of the molecule is NCC(=O)c1cccc(OCc2ccc(Cl)cc2Cl)c1. The molecule has 0 fully saturated rings. The molecule has 0 spiro atoms. The van der Waals surface area contributed by atoms with Crippen molar-refractivity contribution in [2.75, 3.05) is 6.54 Å². The lowest BCUT2D eigenvalue weighted by atomic mass is 10.1. The Balaban J connectivity index is 2.09. The van der Waals surface area contributed by atoms with E-state index in [0.717, 1.165) is 5.56 Å². The van der Waals surface area contributed by atoms with Crippen molar-refractivity contribution in [1.29, 1.82) is 0 Å². The Hall–Kier alpha value is -1.55. The maximum atomic E-state index is 11.5. The molecule has 0 unspecified atom stereocenters. The third-order valence-electron chi connectivity index (χ3n) is 2.75. The molecule has 0 aliphatic heterocycles. The molecule has 0 heterocycles. The molecule has 3 nitrogen and oxygen atoms in total. The molecule has 20 heavy (non-hydrogen) atoms. The first-order valence-electron chi connectivity index (χ1n) is 6.00. The van der Waals surface area contributed by atoms with Crippen molar-refractivity contribution in [2.45, 2.75) is 6.61 Å². The van der Waals surface area contributed by atoms with Gasteiger partial charge in [0.1, 0.15) is 12.4 Å². The van der Waals surface area contributed by atoms with Crippen molar-refractivity contribution < 1.29 is 9.53 Å². The highest BCUT2D eigenvalue weighted by atomic mass is 35.5. The Morgan fingerprint density at radius 3 is 2.65 bits per heavy atom. The van der Waals surface area contributed by atoms with Gasteiger partial charge < -0.3 is 10.5 Å². The van der Waals surface area contributed by atoms with Crippen LogP contribution < -0.4 is 10.5 Å². The predicted molar refractivity (Wildman–Crippen MR) is 80.6 cm³/mol. The zero-order valence-corrected chi connectivity index (χ0v) is 12.1. The zero-order valence-electron chi connectivity index (χ0n) is 10.6. The van der Waals surface area contributed by atoms with Crippen LogP contribution in [0.2, 0.25) is 10.0 Å². The van der Waals surface area contributed by atoms with Crippen LogP contribution in [-0.2, 0) is 6.61 Å². The molecular formula is C15H13Cl2NO2. The van der Waals surface area contributed by atoms with Crippen LogP contribution >= 0.6 is 23.2 Å². The Kier molecular flexibility index (Phi) is 5.01. The minimum atomic E-state index is -0.125. The number of Topliss-reactive ketones (excluding diaryl/α,β-unsaturated/α-hetero) is 1. The molecule has 2 rings (SSSR count). The number of carbonyl (C=O) groups excluding carboxylic acids is 1. The fourth-order valence-electron chi connectivity index (χ4n) is 1.68. The highest BCUT2D eigenvalue weighted by molar-refractivity contribution is 6.35. The summed E-state index contributed by atoms with van der Waals surface area (Å²) in [5, 5.41) is 1.13. The smallest absolute Gasteiger partial charge is 0.176 e. The van der Waals surface area contributed by atoms with Crippen LogP contribution in [0.3, 0.4) is 0 Å². The van der Waals surface area contributed by atoms with Crippen molar-refractivity contribution in [2.24, 2.45) is 5.73 Å². The summed E-state index contributed by atoms with van der Waals surface area (Å²) in [5.41, 5.74) is 6.69. The van der Waals surface area contributed by atoms with E-state index < -0.39 is 0 Å². The van der Waals surface area contributed by atoms with Gasteiger partial charge in [0, 0.05) is 21.2 Å². The van der Waals surface area contributed by atoms with Gasteiger partial charge in [0.05, 0.1) is 6.54 Å². The van der Waals surface area contributed by atoms with Crippen LogP contribution in [0, 0.1) is 0 Å². The molecule has 104 valence electrons. The normalized spacial score (nSPS) is 10.3. The van der Waals surface area contributed by atoms with Gasteiger partial charge in [-0.2, -0.15) is 0 Å². The number of hydrogen-bond donors (Lipinski definition) is 1. The van der Waals surface area contributed by atoms with E-state index in [2.05, 4.69) is 0 Å². The van der Waals surface area contributed by atoms with Crippen LogP contribution in [0.1, 0.15) is 15.9 Å². The van der Waals surface area contributed by atoms with E-state index in [0.29, 0.717) is 28.0 Å². The second kappa shape index (κ2) is 6.75. The number of benzene rings is 2. The minimum absolute atomic E-state index is 0.0214. The van der Waals surface area contributed by atoms with Crippen LogP contribution in [-0.4, -0.2) is 12.3 Å². The molecule has 2 aromatic rings. The Morgan fingerprint density at radius 2 is 1.95 bits per heavy atom. The summed E-state index contributed by atoms with van der Waals surface area (Å²) < 4.78 is 5.63. The van der Waals surface area contributed by atoms with Gasteiger partial charge in [-0.1, -0.05) is 41.4 Å². The van der Waals surface area contributed by atoms with Crippen molar-refractivity contribution in [1.82, 2.24) is 0 Å². The first kappa shape index (κ1) is 14.9. The Bertz CT molecular complexity index is 629. The molecule has 0 aromatic heterocycles. The molecule has 0 amide bonds. The molecule has 0 saturated carbocycles. The molecule has 2 N–H and O–H groups in total. The van der Waals surface area contributed by atoms with Crippen LogP contribution in [0.15, 0.2) is 42.5 Å². The molecular weight excluding hydrogens is 297 g/mol. The average molecular weight is 310 g/mol. The average Bonchev–Trinajstić information content (AvgIpc) is 2.46. The predicted octanol–water partition coefficient (Wildman–Crippen LogP) is 3.71. The Labute approximate surface area is 127 Å². The fourth-order valence-corrected chi connectivity index (χ4v) is 2.14. The lowest BCUT2D eigenvalue weighted by Crippen LogP contribution is -2.13. The van der Waals surface area contributed by atoms with Gasteiger partial charge in [-0.25, -0.2) is 0 Å². The summed E-state index contributed by atoms with van der Waals surface area (Å²) in [6.07, 6.45) is 0. The van der Waals surface area contributed by atoms with E-state index >= 15 is 0 Å². The highest BCUT2D eigenvalue weighted by Gasteiger charge is 2.06. The summed E-state index contributed by atoms with van der Waals surface area (Å²) in [6.45, 7) is 0.280. The van der Waals surface area contributed by atoms with Crippen molar-refractivity contribution in [3.8, 4) is 5.75 Å². The standard InChI is InChI=1S/C15H13Cl2NO2/c16-12-5-4-11(14(17)7-12)9-20-13-3-1-2-10(6-13)15(19)8-18/h1-7H,8-9,18H2. The molecule has 0 aliphatic rings. The van der Waals surface area contributed by atoms with E-state index in [1.165, 1.54) is 0 Å². The molecule has 0 aliphatic carbocycles. The van der Waals surface area contributed by atoms with Crippen molar-refractivity contribution in [3.05, 3.63) is 63.6 Å². The number of ether oxygens (including phenoxy) is 1. The molecule has 2 aromatic carbocycles. The van der Waals surface area contributed by atoms with Gasteiger partial charge in [-0.3, -0.25) is 4.79 Å². The highest BCUT2D eigenvalue weighted by Crippen LogP contribution is 2.23. The zero-order chi connectivity index (χ0) is 14.5. The maximum Gasteiger partial charge on any atom is 0.176 e. The molecule has 0 bridgehead atoms. The van der Waals surface area contributed by atoms with E-state index in [9.17, 15) is 4.79 Å². The lowest BCUT2D eigenvalue weighted by molar-refractivity contribution is 0.100. The first-order valence-corrected chi connectivity index (χ1v) is 6.76. The minimum Gasteiger partial charge on any atom is -0.489 e. The Morgan fingerprint density at radius 1 is 1.15 bits per heavy atom. The van der Waals surface area contributed by atoms with E-state index in [1.807, 2.05) is 0 Å². The summed E-state index contributed by atoms with van der Waals surface area (Å²) in [6, 6.07) is 12.1. The first-order chi connectivity index (χ1) is 9.60. The number of hydrogen-bond acceptors (Lipinski definition) is 3. The van der Waals surface area contributed by atoms with Crippen LogP contribution in [0.25, 0.3) is 0 Å². The third kappa shape index (κ3) is 3.73. The summed E-state index contributed by atoms with van der Waals surface area (Å²) >= 11 is 11.9. The summed E-state index contributed by atoms with van der Waals surface area (Å²) in [7, 11) is 0. The second-order valence-electron chi connectivity index (χ2n) is 4.18. The van der Waals surface area contributed by atoms with Gasteiger partial charge in [0.2, 0.25) is 0 Å². The number of halogens is 2. The molecule has 5 heteroatoms. The van der Waals surface area contributed by atoms with E-state index in [-0.39, 0.29) is 12.3 Å².